The number of rotatable bonds is 12. The number of carbonyl (C=O) groups is 3. The van der Waals surface area contributed by atoms with E-state index in [1.54, 1.807) is 24.8 Å². The molecule has 6 heteroatoms. The highest BCUT2D eigenvalue weighted by molar-refractivity contribution is 6.32. The molecular formula is C22H29N3O3. The van der Waals surface area contributed by atoms with Crippen molar-refractivity contribution in [1.82, 2.24) is 15.5 Å². The molecule has 0 radical (unpaired) electrons. The van der Waals surface area contributed by atoms with Crippen LogP contribution in [0.1, 0.15) is 26.3 Å². The first-order valence-electron chi connectivity index (χ1n) is 9.26. The second-order valence-electron chi connectivity index (χ2n) is 6.16. The maximum absolute atomic E-state index is 12.7. The Morgan fingerprint density at radius 3 is 2.46 bits per heavy atom. The molecule has 0 heterocycles. The number of likely N-dealkylation sites (N-methyl/N-ethyl adjacent to an activating group) is 1. The second kappa shape index (κ2) is 12.3. The van der Waals surface area contributed by atoms with Crippen molar-refractivity contribution < 1.29 is 14.4 Å². The molecule has 0 aliphatic carbocycles. The number of amides is 1. The van der Waals surface area contributed by atoms with Gasteiger partial charge < -0.3 is 15.5 Å². The molecular weight excluding hydrogens is 354 g/mol. The summed E-state index contributed by atoms with van der Waals surface area (Å²) >= 11 is 0. The van der Waals surface area contributed by atoms with Gasteiger partial charge in [-0.25, -0.2) is 0 Å². The van der Waals surface area contributed by atoms with Gasteiger partial charge >= 0.3 is 0 Å². The Morgan fingerprint density at radius 2 is 1.89 bits per heavy atom. The molecule has 0 aliphatic rings. The topological polar surface area (TPSA) is 78.5 Å². The van der Waals surface area contributed by atoms with E-state index in [4.69, 9.17) is 0 Å². The van der Waals surface area contributed by atoms with Gasteiger partial charge in [-0.05, 0) is 26.3 Å². The Hall–Kier alpha value is -3.15. The number of nitrogens with one attached hydrogen (secondary N) is 2. The molecule has 1 rings (SSSR count). The Bertz CT molecular complexity index is 752. The first kappa shape index (κ1) is 22.9. The number of ketones is 1. The normalized spacial score (nSPS) is 11.5. The van der Waals surface area contributed by atoms with Crippen LogP contribution in [0.15, 0.2) is 60.3 Å². The van der Waals surface area contributed by atoms with E-state index in [0.29, 0.717) is 30.8 Å². The van der Waals surface area contributed by atoms with E-state index < -0.39 is 5.78 Å². The summed E-state index contributed by atoms with van der Waals surface area (Å²) in [5, 5.41) is 6.17. The molecule has 0 saturated heterocycles. The van der Waals surface area contributed by atoms with Gasteiger partial charge in [-0.15, -0.1) is 0 Å². The number of nitrogens with zero attached hydrogens (tertiary/aromatic N) is 1. The van der Waals surface area contributed by atoms with Crippen LogP contribution in [0.5, 0.6) is 0 Å². The molecule has 0 aromatic heterocycles. The largest absolute Gasteiger partial charge is 0.386 e. The molecule has 0 unspecified atom stereocenters. The first-order chi connectivity index (χ1) is 13.4. The van der Waals surface area contributed by atoms with Crippen molar-refractivity contribution in [3.8, 4) is 0 Å². The maximum atomic E-state index is 12.7. The van der Waals surface area contributed by atoms with Crippen LogP contribution >= 0.6 is 0 Å². The van der Waals surface area contributed by atoms with Crippen LogP contribution in [-0.4, -0.2) is 49.1 Å². The Balaban J connectivity index is 2.56. The van der Waals surface area contributed by atoms with E-state index in [1.165, 1.54) is 6.20 Å². The minimum atomic E-state index is -0.583. The standard InChI is InChI=1S/C22H29N3O3/c1-5-19(15-23-14-17(3)21(27)16-26)22(28)25(6-2)13-12-24-18(4)20-10-8-7-9-11-20/h5,7-11,14,16,23-24H,4,6,12-13,15H2,1-3H3/b17-14+,19-5+. The zero-order chi connectivity index (χ0) is 20.9. The third kappa shape index (κ3) is 7.23. The van der Waals surface area contributed by atoms with Gasteiger partial charge in [0.25, 0.3) is 5.91 Å². The molecule has 0 atom stereocenters. The smallest absolute Gasteiger partial charge is 0.251 e. The zero-order valence-corrected chi connectivity index (χ0v) is 16.8. The number of hydrogen-bond donors (Lipinski definition) is 2. The van der Waals surface area contributed by atoms with Crippen LogP contribution < -0.4 is 10.6 Å². The maximum Gasteiger partial charge on any atom is 0.251 e. The molecule has 0 spiro atoms. The summed E-state index contributed by atoms with van der Waals surface area (Å²) in [6.45, 7) is 11.3. The van der Waals surface area contributed by atoms with Crippen molar-refractivity contribution in [3.63, 3.8) is 0 Å². The van der Waals surface area contributed by atoms with Gasteiger partial charge in [0, 0.05) is 49.2 Å². The summed E-state index contributed by atoms with van der Waals surface area (Å²) in [7, 11) is 0. The van der Waals surface area contributed by atoms with Crippen molar-refractivity contribution in [2.24, 2.45) is 0 Å². The molecule has 2 N–H and O–H groups in total. The van der Waals surface area contributed by atoms with E-state index in [-0.39, 0.29) is 18.7 Å². The molecule has 0 aliphatic heterocycles. The van der Waals surface area contributed by atoms with Gasteiger partial charge in [0.1, 0.15) is 0 Å². The third-order valence-corrected chi connectivity index (χ3v) is 4.24. The van der Waals surface area contributed by atoms with Gasteiger partial charge in [-0.3, -0.25) is 14.4 Å². The quantitative estimate of drug-likeness (QED) is 0.329. The van der Waals surface area contributed by atoms with Gasteiger partial charge in [0.15, 0.2) is 6.29 Å². The van der Waals surface area contributed by atoms with Crippen LogP contribution in [0.2, 0.25) is 0 Å². The molecule has 0 saturated carbocycles. The average Bonchev–Trinajstić information content (AvgIpc) is 2.73. The van der Waals surface area contributed by atoms with E-state index in [2.05, 4.69) is 17.2 Å². The van der Waals surface area contributed by atoms with Crippen molar-refractivity contribution >= 4 is 23.7 Å². The van der Waals surface area contributed by atoms with Gasteiger partial charge in [0.2, 0.25) is 5.78 Å². The minimum absolute atomic E-state index is 0.0719. The molecule has 6 nitrogen and oxygen atoms in total. The lowest BCUT2D eigenvalue weighted by Gasteiger charge is -2.23. The Labute approximate surface area is 167 Å². The van der Waals surface area contributed by atoms with Crippen LogP contribution in [0.4, 0.5) is 0 Å². The summed E-state index contributed by atoms with van der Waals surface area (Å²) < 4.78 is 0. The van der Waals surface area contributed by atoms with E-state index in [9.17, 15) is 14.4 Å². The lowest BCUT2D eigenvalue weighted by molar-refractivity contribution is -0.127. The summed E-state index contributed by atoms with van der Waals surface area (Å²) in [5.74, 6) is -0.654. The molecule has 28 heavy (non-hydrogen) atoms. The summed E-state index contributed by atoms with van der Waals surface area (Å²) in [5.41, 5.74) is 2.72. The number of Topliss-reactive ketones (excluding diaryl/α,β-unsaturated/α-hetero) is 1. The summed E-state index contributed by atoms with van der Waals surface area (Å²) in [6.07, 6.45) is 3.47. The second-order valence-corrected chi connectivity index (χ2v) is 6.16. The zero-order valence-electron chi connectivity index (χ0n) is 16.8. The SMILES string of the molecule is C=C(NCCN(CC)C(=O)/C(=C/C)CN/C=C(\C)C(=O)C=O)c1ccccc1. The molecule has 0 fully saturated rings. The molecule has 1 aromatic rings. The van der Waals surface area contributed by atoms with E-state index >= 15 is 0 Å². The number of aldehydes is 1. The van der Waals surface area contributed by atoms with Crippen LogP contribution in [0.3, 0.4) is 0 Å². The highest BCUT2D eigenvalue weighted by Gasteiger charge is 2.15. The molecule has 150 valence electrons. The molecule has 1 aromatic carbocycles. The highest BCUT2D eigenvalue weighted by Crippen LogP contribution is 2.08. The van der Waals surface area contributed by atoms with E-state index in [0.717, 1.165) is 11.3 Å². The summed E-state index contributed by atoms with van der Waals surface area (Å²) in [6, 6.07) is 9.81. The molecule has 1 amide bonds. The fourth-order valence-corrected chi connectivity index (χ4v) is 2.47. The van der Waals surface area contributed by atoms with Gasteiger partial charge in [0.05, 0.1) is 0 Å². The highest BCUT2D eigenvalue weighted by atomic mass is 16.2. The van der Waals surface area contributed by atoms with Crippen molar-refractivity contribution in [2.45, 2.75) is 20.8 Å². The van der Waals surface area contributed by atoms with Crippen molar-refractivity contribution in [1.29, 1.82) is 0 Å². The lowest BCUT2D eigenvalue weighted by Crippen LogP contribution is -2.38. The number of carbonyl (C=O) groups excluding carboxylic acids is 3. The fourth-order valence-electron chi connectivity index (χ4n) is 2.47. The molecule has 0 bridgehead atoms. The lowest BCUT2D eigenvalue weighted by atomic mass is 10.2. The Kier molecular flexibility index (Phi) is 10.0. The fraction of sp³-hybridized carbons (Fsp3) is 0.318. The third-order valence-electron chi connectivity index (χ3n) is 4.24. The van der Waals surface area contributed by atoms with E-state index in [1.807, 2.05) is 37.3 Å². The summed E-state index contributed by atoms with van der Waals surface area (Å²) in [4.78, 5) is 36.2. The van der Waals surface area contributed by atoms with Gasteiger partial charge in [-0.2, -0.15) is 0 Å². The number of allylic oxidation sites excluding steroid dienone is 2. The predicted molar refractivity (Wildman–Crippen MR) is 112 cm³/mol. The van der Waals surface area contributed by atoms with Crippen molar-refractivity contribution in [2.75, 3.05) is 26.2 Å². The Morgan fingerprint density at radius 1 is 1.21 bits per heavy atom. The van der Waals surface area contributed by atoms with Crippen molar-refractivity contribution in [3.05, 3.63) is 65.9 Å². The van der Waals surface area contributed by atoms with Crippen LogP contribution in [0, 0.1) is 0 Å². The monoisotopic (exact) mass is 383 g/mol. The number of benzene rings is 1. The van der Waals surface area contributed by atoms with Gasteiger partial charge in [-0.1, -0.05) is 43.0 Å². The van der Waals surface area contributed by atoms with Crippen LogP contribution in [0.25, 0.3) is 5.70 Å². The number of hydrogen-bond acceptors (Lipinski definition) is 5. The predicted octanol–water partition coefficient (Wildman–Crippen LogP) is 2.30. The van der Waals surface area contributed by atoms with Crippen LogP contribution in [-0.2, 0) is 14.4 Å². The first-order valence-corrected chi connectivity index (χ1v) is 9.26. The average molecular weight is 383 g/mol. The minimum Gasteiger partial charge on any atom is -0.386 e.